The average Bonchev–Trinajstić information content (AvgIpc) is 2.59. The Morgan fingerprint density at radius 2 is 2.09 bits per heavy atom. The maximum absolute atomic E-state index is 11.0. The van der Waals surface area contributed by atoms with Gasteiger partial charge in [-0.15, -0.1) is 0 Å². The summed E-state index contributed by atoms with van der Waals surface area (Å²) in [6, 6.07) is 12.0. The van der Waals surface area contributed by atoms with Crippen LogP contribution in [0.4, 0.5) is 0 Å². The number of halogens is 1. The van der Waals surface area contributed by atoms with Crippen LogP contribution in [0, 0.1) is 0 Å². The number of carbonyl (C=O) groups excluding carboxylic acids is 1. The van der Waals surface area contributed by atoms with Crippen LogP contribution in [0.15, 0.2) is 58.8 Å². The van der Waals surface area contributed by atoms with Crippen molar-refractivity contribution in [2.75, 3.05) is 13.2 Å². The Morgan fingerprint density at radius 1 is 1.26 bits per heavy atom. The fraction of sp³-hybridized carbons (Fsp3) is 0.167. The summed E-state index contributed by atoms with van der Waals surface area (Å²) < 4.78 is 10.7. The molecule has 0 aliphatic carbocycles. The Bertz CT molecular complexity index is 758. The summed E-state index contributed by atoms with van der Waals surface area (Å²) in [6.07, 6.45) is 1.93. The average molecular weight is 347 g/mol. The topological polar surface area (TPSA) is 35.5 Å². The van der Waals surface area contributed by atoms with E-state index in [1.807, 2.05) is 24.3 Å². The Labute approximate surface area is 144 Å². The molecule has 1 aliphatic rings. The number of carbonyl (C=O) groups is 1. The van der Waals surface area contributed by atoms with E-state index in [1.165, 1.54) is 10.5 Å². The number of hydrogen-bond acceptors (Lipinski definition) is 4. The van der Waals surface area contributed by atoms with Gasteiger partial charge < -0.3 is 9.47 Å². The zero-order valence-electron chi connectivity index (χ0n) is 12.4. The van der Waals surface area contributed by atoms with E-state index in [4.69, 9.17) is 21.1 Å². The molecule has 0 saturated carbocycles. The van der Waals surface area contributed by atoms with Crippen LogP contribution < -0.4 is 4.74 Å². The first-order chi connectivity index (χ1) is 11.2. The molecule has 118 valence electrons. The van der Waals surface area contributed by atoms with E-state index in [-0.39, 0.29) is 13.2 Å². The summed E-state index contributed by atoms with van der Waals surface area (Å²) in [4.78, 5) is 13.3. The predicted octanol–water partition coefficient (Wildman–Crippen LogP) is 4.50. The standard InChI is InChI=1S/C18H15ClO3S/c1-2-17(20)22-10-9-21-15-8-7-14(19)13-11-12-5-3-4-6-16(12)23-18(13)15/h2-8H,1,9-11H2. The van der Waals surface area contributed by atoms with Crippen molar-refractivity contribution >= 4 is 29.3 Å². The molecule has 23 heavy (non-hydrogen) atoms. The molecule has 0 N–H and O–H groups in total. The van der Waals surface area contributed by atoms with Gasteiger partial charge in [0, 0.05) is 22.4 Å². The number of ether oxygens (including phenoxy) is 2. The summed E-state index contributed by atoms with van der Waals surface area (Å²) in [7, 11) is 0. The van der Waals surface area contributed by atoms with Crippen molar-refractivity contribution in [3.05, 3.63) is 65.2 Å². The van der Waals surface area contributed by atoms with Crippen molar-refractivity contribution in [1.82, 2.24) is 0 Å². The molecule has 0 atom stereocenters. The normalized spacial score (nSPS) is 12.0. The van der Waals surface area contributed by atoms with E-state index < -0.39 is 5.97 Å². The molecule has 2 aromatic carbocycles. The maximum atomic E-state index is 11.0. The third-order valence-corrected chi connectivity index (χ3v) is 5.09. The molecule has 0 fully saturated rings. The number of rotatable bonds is 5. The summed E-state index contributed by atoms with van der Waals surface area (Å²) in [5.74, 6) is 0.314. The Hall–Kier alpha value is -1.91. The Balaban J connectivity index is 1.76. The highest BCUT2D eigenvalue weighted by molar-refractivity contribution is 7.99. The Morgan fingerprint density at radius 3 is 2.91 bits per heavy atom. The molecule has 1 heterocycles. The second-order valence-electron chi connectivity index (χ2n) is 4.96. The molecule has 5 heteroatoms. The van der Waals surface area contributed by atoms with Crippen LogP contribution in [0.3, 0.4) is 0 Å². The van der Waals surface area contributed by atoms with Gasteiger partial charge in [0.15, 0.2) is 0 Å². The monoisotopic (exact) mass is 346 g/mol. The minimum Gasteiger partial charge on any atom is -0.489 e. The molecule has 1 aliphatic heterocycles. The SMILES string of the molecule is C=CC(=O)OCCOc1ccc(Cl)c2c1Sc1ccccc1C2. The van der Waals surface area contributed by atoms with Crippen LogP contribution in [-0.2, 0) is 16.0 Å². The van der Waals surface area contributed by atoms with Crippen LogP contribution in [-0.4, -0.2) is 19.2 Å². The molecule has 0 amide bonds. The molecule has 3 nitrogen and oxygen atoms in total. The lowest BCUT2D eigenvalue weighted by Gasteiger charge is -2.22. The fourth-order valence-corrected chi connectivity index (χ4v) is 3.83. The first-order valence-corrected chi connectivity index (χ1v) is 8.37. The first kappa shape index (κ1) is 16.0. The van der Waals surface area contributed by atoms with Crippen LogP contribution >= 0.6 is 23.4 Å². The van der Waals surface area contributed by atoms with Gasteiger partial charge in [0.1, 0.15) is 19.0 Å². The molecule has 0 saturated heterocycles. The quantitative estimate of drug-likeness (QED) is 0.387. The molecule has 0 spiro atoms. The van der Waals surface area contributed by atoms with E-state index in [1.54, 1.807) is 11.8 Å². The third kappa shape index (κ3) is 3.54. The van der Waals surface area contributed by atoms with Crippen molar-refractivity contribution < 1.29 is 14.3 Å². The molecule has 0 unspecified atom stereocenters. The molecular formula is C18H15ClO3S. The van der Waals surface area contributed by atoms with Crippen molar-refractivity contribution in [1.29, 1.82) is 0 Å². The van der Waals surface area contributed by atoms with Crippen LogP contribution in [0.25, 0.3) is 0 Å². The largest absolute Gasteiger partial charge is 0.489 e. The predicted molar refractivity (Wildman–Crippen MR) is 91.5 cm³/mol. The second kappa shape index (κ2) is 7.11. The molecule has 2 aromatic rings. The van der Waals surface area contributed by atoms with Gasteiger partial charge in [0.25, 0.3) is 0 Å². The van der Waals surface area contributed by atoms with E-state index in [2.05, 4.69) is 18.7 Å². The lowest BCUT2D eigenvalue weighted by molar-refractivity contribution is -0.138. The highest BCUT2D eigenvalue weighted by atomic mass is 35.5. The van der Waals surface area contributed by atoms with Gasteiger partial charge in [-0.3, -0.25) is 0 Å². The van der Waals surface area contributed by atoms with Gasteiger partial charge in [-0.25, -0.2) is 4.79 Å². The fourth-order valence-electron chi connectivity index (χ4n) is 2.38. The van der Waals surface area contributed by atoms with E-state index in [0.29, 0.717) is 0 Å². The summed E-state index contributed by atoms with van der Waals surface area (Å²) >= 11 is 8.01. The summed E-state index contributed by atoms with van der Waals surface area (Å²) in [5.41, 5.74) is 2.35. The molecule has 0 aromatic heterocycles. The van der Waals surface area contributed by atoms with E-state index in [9.17, 15) is 4.79 Å². The second-order valence-corrected chi connectivity index (χ2v) is 6.42. The third-order valence-electron chi connectivity index (χ3n) is 3.47. The van der Waals surface area contributed by atoms with Gasteiger partial charge in [0.05, 0.1) is 4.90 Å². The number of fused-ring (bicyclic) bond motifs is 2. The van der Waals surface area contributed by atoms with Crippen LogP contribution in [0.5, 0.6) is 5.75 Å². The number of benzene rings is 2. The highest BCUT2D eigenvalue weighted by Gasteiger charge is 2.22. The van der Waals surface area contributed by atoms with Crippen LogP contribution in [0.1, 0.15) is 11.1 Å². The Kier molecular flexibility index (Phi) is 4.94. The van der Waals surface area contributed by atoms with Gasteiger partial charge in [-0.2, -0.15) is 0 Å². The molecular weight excluding hydrogens is 332 g/mol. The first-order valence-electron chi connectivity index (χ1n) is 7.18. The van der Waals surface area contributed by atoms with Crippen molar-refractivity contribution in [2.24, 2.45) is 0 Å². The van der Waals surface area contributed by atoms with Gasteiger partial charge in [-0.1, -0.05) is 48.1 Å². The lowest BCUT2D eigenvalue weighted by atomic mass is 10.0. The lowest BCUT2D eigenvalue weighted by Crippen LogP contribution is -2.11. The molecule has 0 bridgehead atoms. The van der Waals surface area contributed by atoms with Gasteiger partial charge in [0.2, 0.25) is 0 Å². The number of hydrogen-bond donors (Lipinski definition) is 0. The van der Waals surface area contributed by atoms with E-state index >= 15 is 0 Å². The zero-order chi connectivity index (χ0) is 16.2. The maximum Gasteiger partial charge on any atom is 0.330 e. The summed E-state index contributed by atoms with van der Waals surface area (Å²) in [5, 5.41) is 0.743. The van der Waals surface area contributed by atoms with Gasteiger partial charge in [-0.05, 0) is 29.3 Å². The van der Waals surface area contributed by atoms with Gasteiger partial charge >= 0.3 is 5.97 Å². The number of esters is 1. The molecule has 3 rings (SSSR count). The molecule has 0 radical (unpaired) electrons. The minimum absolute atomic E-state index is 0.184. The van der Waals surface area contributed by atoms with Crippen molar-refractivity contribution in [3.8, 4) is 5.75 Å². The highest BCUT2D eigenvalue weighted by Crippen LogP contribution is 2.46. The minimum atomic E-state index is -0.449. The van der Waals surface area contributed by atoms with Crippen LogP contribution in [0.2, 0.25) is 5.02 Å². The van der Waals surface area contributed by atoms with Crippen molar-refractivity contribution in [2.45, 2.75) is 16.2 Å². The van der Waals surface area contributed by atoms with E-state index in [0.717, 1.165) is 33.7 Å². The zero-order valence-corrected chi connectivity index (χ0v) is 14.0. The summed E-state index contributed by atoms with van der Waals surface area (Å²) in [6.45, 7) is 3.82. The smallest absolute Gasteiger partial charge is 0.330 e. The van der Waals surface area contributed by atoms with Crippen molar-refractivity contribution in [3.63, 3.8) is 0 Å².